The van der Waals surface area contributed by atoms with Gasteiger partial charge in [-0.3, -0.25) is 4.79 Å². The molecule has 1 amide bonds. The van der Waals surface area contributed by atoms with E-state index >= 15 is 0 Å². The number of hydrogen-bond acceptors (Lipinski definition) is 2. The lowest BCUT2D eigenvalue weighted by Gasteiger charge is -2.23. The van der Waals surface area contributed by atoms with Crippen molar-refractivity contribution < 1.29 is 4.79 Å². The Morgan fingerprint density at radius 1 is 1.35 bits per heavy atom. The molecule has 1 aromatic carbocycles. The number of piperidine rings is 1. The summed E-state index contributed by atoms with van der Waals surface area (Å²) in [4.78, 5) is 11.0. The fourth-order valence-electron chi connectivity index (χ4n) is 2.08. The second-order valence-corrected chi connectivity index (χ2v) is 4.84. The van der Waals surface area contributed by atoms with E-state index in [9.17, 15) is 4.79 Å². The second-order valence-electron chi connectivity index (χ2n) is 4.84. The largest absolute Gasteiger partial charge is 0.355 e. The van der Waals surface area contributed by atoms with Crippen molar-refractivity contribution >= 4 is 5.91 Å². The Morgan fingerprint density at radius 3 is 2.82 bits per heavy atom. The predicted octanol–water partition coefficient (Wildman–Crippen LogP) is 1.67. The van der Waals surface area contributed by atoms with Crippen LogP contribution >= 0.6 is 0 Å². The van der Waals surface area contributed by atoms with E-state index in [2.05, 4.69) is 42.7 Å². The van der Waals surface area contributed by atoms with Gasteiger partial charge in [-0.2, -0.15) is 0 Å². The summed E-state index contributed by atoms with van der Waals surface area (Å²) in [6.45, 7) is 5.90. The summed E-state index contributed by atoms with van der Waals surface area (Å²) in [7, 11) is 0. The highest BCUT2D eigenvalue weighted by atomic mass is 16.1. The molecule has 0 bridgehead atoms. The molecule has 0 spiro atoms. The first kappa shape index (κ1) is 12.1. The lowest BCUT2D eigenvalue weighted by molar-refractivity contribution is -0.122. The first-order valence-electron chi connectivity index (χ1n) is 6.21. The van der Waals surface area contributed by atoms with Crippen LogP contribution in [0.1, 0.15) is 29.5 Å². The molecule has 92 valence electrons. The monoisotopic (exact) mass is 232 g/mol. The lowest BCUT2D eigenvalue weighted by atomic mass is 10.0. The molecule has 0 aromatic heterocycles. The van der Waals surface area contributed by atoms with Gasteiger partial charge in [0.25, 0.3) is 0 Å². The van der Waals surface area contributed by atoms with Crippen LogP contribution in [0.4, 0.5) is 0 Å². The van der Waals surface area contributed by atoms with Crippen molar-refractivity contribution in [1.82, 2.24) is 10.6 Å². The molecule has 0 aliphatic carbocycles. The highest BCUT2D eigenvalue weighted by molar-refractivity contribution is 5.76. The molecule has 2 N–H and O–H groups in total. The average Bonchev–Trinajstić information content (AvgIpc) is 2.33. The quantitative estimate of drug-likeness (QED) is 0.832. The molecule has 0 saturated carbocycles. The Hall–Kier alpha value is -1.35. The van der Waals surface area contributed by atoms with Crippen molar-refractivity contribution in [2.24, 2.45) is 0 Å². The molecule has 1 heterocycles. The number of benzene rings is 1. The van der Waals surface area contributed by atoms with Crippen molar-refractivity contribution in [3.63, 3.8) is 0 Å². The highest BCUT2D eigenvalue weighted by Crippen LogP contribution is 2.10. The van der Waals surface area contributed by atoms with Gasteiger partial charge < -0.3 is 10.6 Å². The third kappa shape index (κ3) is 3.30. The molecule has 1 unspecified atom stereocenters. The maximum Gasteiger partial charge on any atom is 0.220 e. The number of rotatable bonds is 3. The van der Waals surface area contributed by atoms with E-state index < -0.39 is 0 Å². The summed E-state index contributed by atoms with van der Waals surface area (Å²) in [6.07, 6.45) is 1.58. The van der Waals surface area contributed by atoms with Crippen LogP contribution in [0.2, 0.25) is 0 Å². The summed E-state index contributed by atoms with van der Waals surface area (Å²) >= 11 is 0. The number of amides is 1. The minimum atomic E-state index is 0.175. The normalized spacial score (nSPS) is 20.1. The fourth-order valence-corrected chi connectivity index (χ4v) is 2.08. The third-order valence-corrected chi connectivity index (χ3v) is 3.43. The van der Waals surface area contributed by atoms with Crippen LogP contribution < -0.4 is 10.6 Å². The standard InChI is InChI=1S/C14H20N2O/c1-10-3-4-12(7-11(10)2)8-15-13-5-6-14(17)16-9-13/h3-4,7,13,15H,5-6,8-9H2,1-2H3,(H,16,17). The van der Waals surface area contributed by atoms with Crippen LogP contribution in [-0.2, 0) is 11.3 Å². The third-order valence-electron chi connectivity index (χ3n) is 3.43. The molecule has 1 fully saturated rings. The molecule has 1 aromatic rings. The second kappa shape index (κ2) is 5.32. The molecule has 1 aliphatic rings. The Kier molecular flexibility index (Phi) is 3.79. The Morgan fingerprint density at radius 2 is 2.18 bits per heavy atom. The summed E-state index contributed by atoms with van der Waals surface area (Å²) in [6, 6.07) is 6.96. The number of nitrogens with one attached hydrogen (secondary N) is 2. The van der Waals surface area contributed by atoms with Crippen molar-refractivity contribution in [2.45, 2.75) is 39.3 Å². The van der Waals surface area contributed by atoms with E-state index in [4.69, 9.17) is 0 Å². The summed E-state index contributed by atoms with van der Waals surface area (Å²) in [5.74, 6) is 0.175. The summed E-state index contributed by atoms with van der Waals surface area (Å²) in [5, 5.41) is 6.38. The van der Waals surface area contributed by atoms with Crippen LogP contribution in [-0.4, -0.2) is 18.5 Å². The van der Waals surface area contributed by atoms with Gasteiger partial charge in [-0.15, -0.1) is 0 Å². The number of carbonyl (C=O) groups is 1. The minimum Gasteiger partial charge on any atom is -0.355 e. The van der Waals surface area contributed by atoms with E-state index in [0.717, 1.165) is 19.5 Å². The highest BCUT2D eigenvalue weighted by Gasteiger charge is 2.16. The van der Waals surface area contributed by atoms with Gasteiger partial charge >= 0.3 is 0 Å². The smallest absolute Gasteiger partial charge is 0.220 e. The molecule has 3 nitrogen and oxygen atoms in total. The molecule has 17 heavy (non-hydrogen) atoms. The average molecular weight is 232 g/mol. The SMILES string of the molecule is Cc1ccc(CNC2CCC(=O)NC2)cc1C. The van der Waals surface area contributed by atoms with E-state index in [1.54, 1.807) is 0 Å². The van der Waals surface area contributed by atoms with Gasteiger partial charge in [-0.25, -0.2) is 0 Å². The van der Waals surface area contributed by atoms with Crippen LogP contribution in [0.3, 0.4) is 0 Å². The maximum absolute atomic E-state index is 11.0. The summed E-state index contributed by atoms with van der Waals surface area (Å²) in [5.41, 5.74) is 3.98. The van der Waals surface area contributed by atoms with Gasteiger partial charge in [0.2, 0.25) is 5.91 Å². The fraction of sp³-hybridized carbons (Fsp3) is 0.500. The van der Waals surface area contributed by atoms with E-state index in [-0.39, 0.29) is 5.91 Å². The van der Waals surface area contributed by atoms with Gasteiger partial charge in [0.1, 0.15) is 0 Å². The van der Waals surface area contributed by atoms with E-state index in [1.165, 1.54) is 16.7 Å². The molecule has 1 atom stereocenters. The van der Waals surface area contributed by atoms with Crippen LogP contribution in [0.25, 0.3) is 0 Å². The maximum atomic E-state index is 11.0. The predicted molar refractivity (Wildman–Crippen MR) is 68.8 cm³/mol. The molecule has 0 radical (unpaired) electrons. The molecular formula is C14H20N2O. The van der Waals surface area contributed by atoms with Crippen molar-refractivity contribution in [2.75, 3.05) is 6.54 Å². The van der Waals surface area contributed by atoms with Gasteiger partial charge in [0.05, 0.1) is 0 Å². The van der Waals surface area contributed by atoms with Crippen LogP contribution in [0, 0.1) is 13.8 Å². The van der Waals surface area contributed by atoms with Crippen molar-refractivity contribution in [3.05, 3.63) is 34.9 Å². The van der Waals surface area contributed by atoms with E-state index in [0.29, 0.717) is 12.5 Å². The minimum absolute atomic E-state index is 0.175. The zero-order valence-corrected chi connectivity index (χ0v) is 10.5. The zero-order valence-electron chi connectivity index (χ0n) is 10.5. The molecule has 3 heteroatoms. The number of hydrogen-bond donors (Lipinski definition) is 2. The Bertz CT molecular complexity index is 405. The molecule has 1 saturated heterocycles. The number of aryl methyl sites for hydroxylation is 2. The Balaban J connectivity index is 1.85. The Labute approximate surface area is 103 Å². The van der Waals surface area contributed by atoms with Gasteiger partial charge in [-0.1, -0.05) is 18.2 Å². The van der Waals surface area contributed by atoms with Crippen molar-refractivity contribution in [1.29, 1.82) is 0 Å². The van der Waals surface area contributed by atoms with Crippen LogP contribution in [0.15, 0.2) is 18.2 Å². The van der Waals surface area contributed by atoms with Crippen LogP contribution in [0.5, 0.6) is 0 Å². The van der Waals surface area contributed by atoms with Gasteiger partial charge in [-0.05, 0) is 37.0 Å². The van der Waals surface area contributed by atoms with Crippen molar-refractivity contribution in [3.8, 4) is 0 Å². The van der Waals surface area contributed by atoms with E-state index in [1.807, 2.05) is 0 Å². The molecular weight excluding hydrogens is 212 g/mol. The first-order chi connectivity index (χ1) is 8.15. The zero-order chi connectivity index (χ0) is 12.3. The molecule has 2 rings (SSSR count). The molecule has 1 aliphatic heterocycles. The lowest BCUT2D eigenvalue weighted by Crippen LogP contribution is -2.45. The number of carbonyl (C=O) groups excluding carboxylic acids is 1. The first-order valence-corrected chi connectivity index (χ1v) is 6.21. The topological polar surface area (TPSA) is 41.1 Å². The van der Waals surface area contributed by atoms with Gasteiger partial charge in [0.15, 0.2) is 0 Å². The summed E-state index contributed by atoms with van der Waals surface area (Å²) < 4.78 is 0. The van der Waals surface area contributed by atoms with Gasteiger partial charge in [0, 0.05) is 25.6 Å².